The Bertz CT molecular complexity index is 1520. The first kappa shape index (κ1) is 26.1. The summed E-state index contributed by atoms with van der Waals surface area (Å²) in [7, 11) is 0. The number of esters is 1. The van der Waals surface area contributed by atoms with Gasteiger partial charge in [0.2, 0.25) is 5.91 Å². The number of carbonyl (C=O) groups excluding carboxylic acids is 3. The lowest BCUT2D eigenvalue weighted by molar-refractivity contribution is -0.124. The number of hydrogen-bond donors (Lipinski definition) is 2. The van der Waals surface area contributed by atoms with Gasteiger partial charge in [-0.25, -0.2) is 4.79 Å². The molecule has 0 spiro atoms. The Balaban J connectivity index is 1.40. The summed E-state index contributed by atoms with van der Waals surface area (Å²) < 4.78 is 5.84. The normalized spacial score (nSPS) is 13.9. The lowest BCUT2D eigenvalue weighted by Crippen LogP contribution is -2.34. The molecule has 1 unspecified atom stereocenters. The number of para-hydroxylation sites is 1. The van der Waals surface area contributed by atoms with Gasteiger partial charge in [-0.1, -0.05) is 55.5 Å². The average Bonchev–Trinajstić information content (AvgIpc) is 2.95. The van der Waals surface area contributed by atoms with E-state index < -0.39 is 23.9 Å². The molecule has 198 valence electrons. The summed E-state index contributed by atoms with van der Waals surface area (Å²) in [6.07, 6.45) is 0.00840. The van der Waals surface area contributed by atoms with Crippen LogP contribution < -0.4 is 11.1 Å². The minimum Gasteiger partial charge on any atom is -0.449 e. The number of nitrogens with zero attached hydrogens (tertiary/aromatic N) is 2. The molecule has 1 aromatic heterocycles. The van der Waals surface area contributed by atoms with Gasteiger partial charge in [-0.2, -0.15) is 0 Å². The summed E-state index contributed by atoms with van der Waals surface area (Å²) in [5, 5.41) is 3.47. The molecule has 0 radical (unpaired) electrons. The first-order valence-corrected chi connectivity index (χ1v) is 13.0. The van der Waals surface area contributed by atoms with Crippen LogP contribution >= 0.6 is 0 Å². The highest BCUT2D eigenvalue weighted by Gasteiger charge is 2.29. The zero-order valence-corrected chi connectivity index (χ0v) is 21.7. The maximum absolute atomic E-state index is 13.7. The molecule has 0 saturated heterocycles. The number of amides is 2. The summed E-state index contributed by atoms with van der Waals surface area (Å²) in [5.74, 6) is -1.54. The number of nitrogens with two attached hydrogens (primary N) is 1. The number of hydrogen-bond acceptors (Lipinski definition) is 6. The Morgan fingerprint density at radius 3 is 2.44 bits per heavy atom. The van der Waals surface area contributed by atoms with E-state index in [1.165, 1.54) is 17.7 Å². The molecule has 3 N–H and O–H groups in total. The Morgan fingerprint density at radius 1 is 1.00 bits per heavy atom. The second-order valence-corrected chi connectivity index (χ2v) is 9.61. The number of pyridine rings is 1. The van der Waals surface area contributed by atoms with Gasteiger partial charge < -0.3 is 15.8 Å². The van der Waals surface area contributed by atoms with Crippen molar-refractivity contribution in [2.24, 2.45) is 5.73 Å². The quantitative estimate of drug-likeness (QED) is 0.330. The molecule has 0 aliphatic carbocycles. The summed E-state index contributed by atoms with van der Waals surface area (Å²) in [6.45, 7) is 3.93. The number of rotatable bonds is 8. The number of benzene rings is 3. The standard InChI is InChI=1S/C31H30N4O4/c1-2-27(30(37)33-22-14-12-21(13-15-22)29(32)36)39-31(38)28-23-10-6-7-11-25(23)34-26-16-17-35(19-24(26)28)18-20-8-4-3-5-9-20/h3-15,27H,2,16-19H2,1H3,(H2,32,36)(H,33,37). The minimum absolute atomic E-state index is 0.294. The summed E-state index contributed by atoms with van der Waals surface area (Å²) in [5.41, 5.74) is 10.2. The van der Waals surface area contributed by atoms with Gasteiger partial charge in [0.25, 0.3) is 5.91 Å². The van der Waals surface area contributed by atoms with Gasteiger partial charge in [-0.05, 0) is 42.3 Å². The van der Waals surface area contributed by atoms with E-state index in [2.05, 4.69) is 22.3 Å². The van der Waals surface area contributed by atoms with Crippen LogP contribution in [0.5, 0.6) is 0 Å². The van der Waals surface area contributed by atoms with E-state index in [4.69, 9.17) is 15.5 Å². The van der Waals surface area contributed by atoms with E-state index in [1.807, 2.05) is 42.5 Å². The smallest absolute Gasteiger partial charge is 0.340 e. The van der Waals surface area contributed by atoms with Crippen LogP contribution in [0.15, 0.2) is 78.9 Å². The Hall–Kier alpha value is -4.56. The Kier molecular flexibility index (Phi) is 7.65. The van der Waals surface area contributed by atoms with Crippen molar-refractivity contribution in [2.45, 2.75) is 39.0 Å². The van der Waals surface area contributed by atoms with Gasteiger partial charge in [-0.3, -0.25) is 19.5 Å². The summed E-state index contributed by atoms with van der Waals surface area (Å²) >= 11 is 0. The van der Waals surface area contributed by atoms with Crippen LogP contribution in [-0.2, 0) is 29.0 Å². The van der Waals surface area contributed by atoms with Gasteiger partial charge in [-0.15, -0.1) is 0 Å². The highest BCUT2D eigenvalue weighted by atomic mass is 16.5. The van der Waals surface area contributed by atoms with Crippen molar-refractivity contribution in [3.8, 4) is 0 Å². The third-order valence-electron chi connectivity index (χ3n) is 6.93. The predicted octanol–water partition coefficient (Wildman–Crippen LogP) is 4.47. The zero-order valence-electron chi connectivity index (χ0n) is 21.7. The molecule has 0 fully saturated rings. The molecular weight excluding hydrogens is 492 g/mol. The minimum atomic E-state index is -1.00. The van der Waals surface area contributed by atoms with E-state index in [0.29, 0.717) is 41.6 Å². The van der Waals surface area contributed by atoms with E-state index in [1.54, 1.807) is 19.1 Å². The first-order valence-electron chi connectivity index (χ1n) is 13.0. The maximum Gasteiger partial charge on any atom is 0.340 e. The van der Waals surface area contributed by atoms with Crippen molar-refractivity contribution < 1.29 is 19.1 Å². The molecule has 1 atom stereocenters. The molecule has 5 rings (SSSR count). The van der Waals surface area contributed by atoms with Crippen molar-refractivity contribution in [1.82, 2.24) is 9.88 Å². The van der Waals surface area contributed by atoms with Crippen LogP contribution in [0.1, 0.15) is 50.9 Å². The number of fused-ring (bicyclic) bond motifs is 2. The topological polar surface area (TPSA) is 115 Å². The fourth-order valence-electron chi connectivity index (χ4n) is 4.91. The third kappa shape index (κ3) is 5.81. The van der Waals surface area contributed by atoms with Crippen molar-refractivity contribution in [3.63, 3.8) is 0 Å². The molecule has 39 heavy (non-hydrogen) atoms. The van der Waals surface area contributed by atoms with E-state index >= 15 is 0 Å². The molecule has 0 saturated carbocycles. The molecule has 3 aromatic carbocycles. The summed E-state index contributed by atoms with van der Waals surface area (Å²) in [4.78, 5) is 45.3. The van der Waals surface area contributed by atoms with Gasteiger partial charge in [0.05, 0.1) is 11.1 Å². The van der Waals surface area contributed by atoms with Crippen molar-refractivity contribution in [1.29, 1.82) is 0 Å². The predicted molar refractivity (Wildman–Crippen MR) is 149 cm³/mol. The summed E-state index contributed by atoms with van der Waals surface area (Å²) in [6, 6.07) is 24.0. The largest absolute Gasteiger partial charge is 0.449 e. The highest BCUT2D eigenvalue weighted by molar-refractivity contribution is 6.06. The van der Waals surface area contributed by atoms with Gasteiger partial charge in [0.1, 0.15) is 0 Å². The molecule has 2 amide bonds. The fourth-order valence-corrected chi connectivity index (χ4v) is 4.91. The van der Waals surface area contributed by atoms with Crippen LogP contribution in [0.25, 0.3) is 10.9 Å². The number of anilines is 1. The number of primary amides is 1. The van der Waals surface area contributed by atoms with Crippen molar-refractivity contribution in [2.75, 3.05) is 11.9 Å². The van der Waals surface area contributed by atoms with Crippen LogP contribution in [0, 0.1) is 0 Å². The zero-order chi connectivity index (χ0) is 27.4. The SMILES string of the molecule is CCC(OC(=O)c1c2c(nc3ccccc13)CCN(Cc1ccccc1)C2)C(=O)Nc1ccc(C(N)=O)cc1. The maximum atomic E-state index is 13.7. The molecule has 0 bridgehead atoms. The second-order valence-electron chi connectivity index (χ2n) is 9.61. The van der Waals surface area contributed by atoms with E-state index in [9.17, 15) is 14.4 Å². The molecule has 8 heteroatoms. The van der Waals surface area contributed by atoms with Crippen LogP contribution in [0.2, 0.25) is 0 Å². The molecule has 1 aliphatic rings. The van der Waals surface area contributed by atoms with Crippen LogP contribution in [0.4, 0.5) is 5.69 Å². The molecule has 2 heterocycles. The number of ether oxygens (including phenoxy) is 1. The van der Waals surface area contributed by atoms with Crippen LogP contribution in [0.3, 0.4) is 0 Å². The van der Waals surface area contributed by atoms with Gasteiger partial charge >= 0.3 is 5.97 Å². The number of aromatic nitrogens is 1. The first-order chi connectivity index (χ1) is 18.9. The monoisotopic (exact) mass is 522 g/mol. The van der Waals surface area contributed by atoms with Gasteiger partial charge in [0, 0.05) is 53.9 Å². The second kappa shape index (κ2) is 11.4. The molecule has 1 aliphatic heterocycles. The third-order valence-corrected chi connectivity index (χ3v) is 6.93. The van der Waals surface area contributed by atoms with Crippen molar-refractivity contribution >= 4 is 34.4 Å². The van der Waals surface area contributed by atoms with Crippen LogP contribution in [-0.4, -0.2) is 40.3 Å². The lowest BCUT2D eigenvalue weighted by atomic mass is 9.95. The lowest BCUT2D eigenvalue weighted by Gasteiger charge is -2.30. The Morgan fingerprint density at radius 2 is 1.72 bits per heavy atom. The number of carbonyl (C=O) groups is 3. The average molecular weight is 523 g/mol. The van der Waals surface area contributed by atoms with Crippen molar-refractivity contribution in [3.05, 3.63) is 107 Å². The molecule has 8 nitrogen and oxygen atoms in total. The van der Waals surface area contributed by atoms with E-state index in [-0.39, 0.29) is 0 Å². The fraction of sp³-hybridized carbons (Fsp3) is 0.226. The van der Waals surface area contributed by atoms with E-state index in [0.717, 1.165) is 29.9 Å². The Labute approximate surface area is 226 Å². The van der Waals surface area contributed by atoms with Gasteiger partial charge in [0.15, 0.2) is 6.10 Å². The molecule has 4 aromatic rings. The molecular formula is C31H30N4O4. The highest BCUT2D eigenvalue weighted by Crippen LogP contribution is 2.30. The number of nitrogens with one attached hydrogen (secondary N) is 1.